The number of amides is 1. The van der Waals surface area contributed by atoms with Gasteiger partial charge in [-0.2, -0.15) is 0 Å². The Morgan fingerprint density at radius 3 is 2.76 bits per heavy atom. The van der Waals surface area contributed by atoms with Gasteiger partial charge in [-0.05, 0) is 36.6 Å². The van der Waals surface area contributed by atoms with Crippen LogP contribution in [0, 0.1) is 13.8 Å². The predicted octanol–water partition coefficient (Wildman–Crippen LogP) is 1.79. The zero-order valence-corrected chi connectivity index (χ0v) is 9.95. The van der Waals surface area contributed by atoms with Gasteiger partial charge in [0, 0.05) is 12.0 Å². The van der Waals surface area contributed by atoms with Crippen molar-refractivity contribution in [2.45, 2.75) is 20.3 Å². The molecule has 2 rings (SSSR count). The average Bonchev–Trinajstić information content (AvgIpc) is 2.77. The Morgan fingerprint density at radius 1 is 1.41 bits per heavy atom. The third-order valence-electron chi connectivity index (χ3n) is 3.01. The molecule has 0 fully saturated rings. The summed E-state index contributed by atoms with van der Waals surface area (Å²) < 4.78 is 10.3. The average molecular weight is 233 g/mol. The number of carbonyl (C=O) groups is 1. The maximum absolute atomic E-state index is 11.4. The number of allylic oxidation sites excluding steroid dienone is 1. The van der Waals surface area contributed by atoms with Gasteiger partial charge in [-0.15, -0.1) is 0 Å². The van der Waals surface area contributed by atoms with Gasteiger partial charge < -0.3 is 15.2 Å². The minimum absolute atomic E-state index is 0.242. The highest BCUT2D eigenvalue weighted by Gasteiger charge is 2.16. The highest BCUT2D eigenvalue weighted by Crippen LogP contribution is 2.23. The molecule has 0 atom stereocenters. The van der Waals surface area contributed by atoms with Crippen molar-refractivity contribution in [3.05, 3.63) is 46.4 Å². The van der Waals surface area contributed by atoms with Gasteiger partial charge in [0.25, 0.3) is 0 Å². The molecule has 2 N–H and O–H groups in total. The maximum Gasteiger partial charge on any atom is 0.249 e. The fourth-order valence-corrected chi connectivity index (χ4v) is 1.87. The molecule has 1 aliphatic heterocycles. The Hall–Kier alpha value is -1.97. The van der Waals surface area contributed by atoms with E-state index in [1.165, 1.54) is 0 Å². The van der Waals surface area contributed by atoms with Crippen LogP contribution in [-0.2, 0) is 15.9 Å². The Balaban J connectivity index is 2.41. The smallest absolute Gasteiger partial charge is 0.249 e. The highest BCUT2D eigenvalue weighted by atomic mass is 16.7. The standard InChI is InChI=1S/C13H15NO3/c1-8-3-4-11(13(14)15)12(9(8)2)5-10-6-16-7-17-10/h3-4,6H,5,7H2,1-2H3,(H2,14,15). The molecular formula is C13H15NO3. The van der Waals surface area contributed by atoms with Crippen LogP contribution in [0.4, 0.5) is 0 Å². The van der Waals surface area contributed by atoms with Crippen LogP contribution in [0.2, 0.25) is 0 Å². The van der Waals surface area contributed by atoms with Crippen molar-refractivity contribution in [2.24, 2.45) is 5.73 Å². The number of rotatable bonds is 3. The largest absolute Gasteiger partial charge is 0.462 e. The highest BCUT2D eigenvalue weighted by molar-refractivity contribution is 5.94. The molecule has 1 heterocycles. The molecule has 0 aromatic heterocycles. The van der Waals surface area contributed by atoms with E-state index in [0.29, 0.717) is 12.0 Å². The van der Waals surface area contributed by atoms with Gasteiger partial charge in [-0.3, -0.25) is 4.79 Å². The van der Waals surface area contributed by atoms with Crippen molar-refractivity contribution in [3.63, 3.8) is 0 Å². The van der Waals surface area contributed by atoms with E-state index < -0.39 is 5.91 Å². The monoisotopic (exact) mass is 233 g/mol. The van der Waals surface area contributed by atoms with Crippen LogP contribution < -0.4 is 5.73 Å². The summed E-state index contributed by atoms with van der Waals surface area (Å²) in [5, 5.41) is 0. The molecule has 1 aliphatic rings. The van der Waals surface area contributed by atoms with Crippen LogP contribution in [0.15, 0.2) is 24.2 Å². The second-order valence-corrected chi connectivity index (χ2v) is 4.09. The molecule has 17 heavy (non-hydrogen) atoms. The summed E-state index contributed by atoms with van der Waals surface area (Å²) in [6.07, 6.45) is 2.11. The third kappa shape index (κ3) is 2.25. The van der Waals surface area contributed by atoms with Crippen molar-refractivity contribution in [2.75, 3.05) is 6.79 Å². The van der Waals surface area contributed by atoms with E-state index in [-0.39, 0.29) is 6.79 Å². The lowest BCUT2D eigenvalue weighted by Gasteiger charge is -2.12. The topological polar surface area (TPSA) is 61.6 Å². The van der Waals surface area contributed by atoms with Gasteiger partial charge in [0.05, 0.1) is 0 Å². The number of benzene rings is 1. The zero-order chi connectivity index (χ0) is 12.4. The van der Waals surface area contributed by atoms with Crippen molar-refractivity contribution in [1.29, 1.82) is 0 Å². The molecule has 1 amide bonds. The molecule has 0 bridgehead atoms. The van der Waals surface area contributed by atoms with Gasteiger partial charge in [-0.1, -0.05) is 6.07 Å². The molecule has 1 aromatic carbocycles. The van der Waals surface area contributed by atoms with Crippen LogP contribution >= 0.6 is 0 Å². The number of ether oxygens (including phenoxy) is 2. The van der Waals surface area contributed by atoms with E-state index in [1.807, 2.05) is 19.9 Å². The molecule has 4 heteroatoms. The normalized spacial score (nSPS) is 13.9. The summed E-state index contributed by atoms with van der Waals surface area (Å²) in [6.45, 7) is 4.23. The van der Waals surface area contributed by atoms with E-state index in [2.05, 4.69) is 0 Å². The number of carbonyl (C=O) groups excluding carboxylic acids is 1. The summed E-state index contributed by atoms with van der Waals surface area (Å²) in [6, 6.07) is 3.66. The minimum atomic E-state index is -0.414. The van der Waals surface area contributed by atoms with E-state index in [0.717, 1.165) is 22.4 Å². The van der Waals surface area contributed by atoms with Gasteiger partial charge in [0.1, 0.15) is 12.0 Å². The lowest BCUT2D eigenvalue weighted by atomic mass is 9.94. The van der Waals surface area contributed by atoms with Gasteiger partial charge in [-0.25, -0.2) is 0 Å². The number of hydrogen-bond donors (Lipinski definition) is 1. The Labute approximate surface area is 100 Å². The van der Waals surface area contributed by atoms with Crippen molar-refractivity contribution in [1.82, 2.24) is 0 Å². The molecule has 0 unspecified atom stereocenters. The Bertz CT molecular complexity index is 492. The molecule has 0 aliphatic carbocycles. The van der Waals surface area contributed by atoms with Crippen LogP contribution in [0.3, 0.4) is 0 Å². The fraction of sp³-hybridized carbons (Fsp3) is 0.308. The number of hydrogen-bond acceptors (Lipinski definition) is 3. The fourth-order valence-electron chi connectivity index (χ4n) is 1.87. The van der Waals surface area contributed by atoms with Crippen molar-refractivity contribution >= 4 is 5.91 Å². The molecular weight excluding hydrogens is 218 g/mol. The number of aryl methyl sites for hydroxylation is 1. The number of nitrogens with two attached hydrogens (primary N) is 1. The molecule has 0 saturated heterocycles. The predicted molar refractivity (Wildman–Crippen MR) is 63.3 cm³/mol. The van der Waals surface area contributed by atoms with Crippen LogP contribution in [0.25, 0.3) is 0 Å². The summed E-state index contributed by atoms with van der Waals surface area (Å²) in [4.78, 5) is 11.4. The van der Waals surface area contributed by atoms with Gasteiger partial charge >= 0.3 is 0 Å². The molecule has 1 aromatic rings. The Morgan fingerprint density at radius 2 is 2.18 bits per heavy atom. The van der Waals surface area contributed by atoms with Crippen LogP contribution in [0.5, 0.6) is 0 Å². The van der Waals surface area contributed by atoms with Crippen LogP contribution in [0.1, 0.15) is 27.0 Å². The Kier molecular flexibility index (Phi) is 3.04. The van der Waals surface area contributed by atoms with E-state index in [1.54, 1.807) is 12.3 Å². The zero-order valence-electron chi connectivity index (χ0n) is 9.95. The number of primary amides is 1. The first kappa shape index (κ1) is 11.5. The SMILES string of the molecule is Cc1ccc(C(N)=O)c(CC2=COCO2)c1C. The third-order valence-corrected chi connectivity index (χ3v) is 3.01. The second-order valence-electron chi connectivity index (χ2n) is 4.09. The molecule has 4 nitrogen and oxygen atoms in total. The first-order valence-electron chi connectivity index (χ1n) is 5.42. The quantitative estimate of drug-likeness (QED) is 0.865. The first-order chi connectivity index (χ1) is 8.09. The van der Waals surface area contributed by atoms with Gasteiger partial charge in [0.2, 0.25) is 12.7 Å². The van der Waals surface area contributed by atoms with E-state index in [9.17, 15) is 4.79 Å². The summed E-state index contributed by atoms with van der Waals surface area (Å²) in [7, 11) is 0. The molecule has 0 saturated carbocycles. The van der Waals surface area contributed by atoms with Crippen molar-refractivity contribution < 1.29 is 14.3 Å². The molecule has 0 spiro atoms. The minimum Gasteiger partial charge on any atom is -0.462 e. The lowest BCUT2D eigenvalue weighted by Crippen LogP contribution is -2.15. The van der Waals surface area contributed by atoms with Crippen molar-refractivity contribution in [3.8, 4) is 0 Å². The van der Waals surface area contributed by atoms with E-state index >= 15 is 0 Å². The summed E-state index contributed by atoms with van der Waals surface area (Å²) in [5.41, 5.74) is 9.03. The van der Waals surface area contributed by atoms with Gasteiger partial charge in [0.15, 0.2) is 0 Å². The summed E-state index contributed by atoms with van der Waals surface area (Å²) in [5.74, 6) is 0.309. The molecule has 0 radical (unpaired) electrons. The van der Waals surface area contributed by atoms with E-state index in [4.69, 9.17) is 15.2 Å². The first-order valence-corrected chi connectivity index (χ1v) is 5.42. The summed E-state index contributed by atoms with van der Waals surface area (Å²) >= 11 is 0. The molecule has 90 valence electrons. The second kappa shape index (κ2) is 4.49. The maximum atomic E-state index is 11.4. The lowest BCUT2D eigenvalue weighted by molar-refractivity contribution is 0.0790. The van der Waals surface area contributed by atoms with Crippen LogP contribution in [-0.4, -0.2) is 12.7 Å².